The number of rotatable bonds is 8. The Kier molecular flexibility index (Phi) is 6.65. The first-order valence-electron chi connectivity index (χ1n) is 7.02. The molecule has 0 unspecified atom stereocenters. The molecular formula is C15H22N2O4. The molecule has 0 aliphatic rings. The maximum atomic E-state index is 11.8. The van der Waals surface area contributed by atoms with Crippen molar-refractivity contribution in [2.24, 2.45) is 7.05 Å². The molecule has 0 aliphatic heterocycles. The number of carbonyl (C=O) groups is 1. The molecule has 0 atom stereocenters. The highest BCUT2D eigenvalue weighted by molar-refractivity contribution is 5.86. The fraction of sp³-hybridized carbons (Fsp3) is 0.533. The van der Waals surface area contributed by atoms with Crippen molar-refractivity contribution in [1.82, 2.24) is 9.13 Å². The Morgan fingerprint density at radius 1 is 1.24 bits per heavy atom. The van der Waals surface area contributed by atoms with Crippen molar-refractivity contribution in [1.29, 1.82) is 0 Å². The zero-order valence-corrected chi connectivity index (χ0v) is 12.6. The lowest BCUT2D eigenvalue weighted by atomic mass is 10.2. The Labute approximate surface area is 123 Å². The largest absolute Gasteiger partial charge is 0.462 e. The lowest BCUT2D eigenvalue weighted by Crippen LogP contribution is -2.36. The summed E-state index contributed by atoms with van der Waals surface area (Å²) >= 11 is 0. The minimum atomic E-state index is -0.355. The van der Waals surface area contributed by atoms with Crippen molar-refractivity contribution in [2.45, 2.75) is 39.2 Å². The van der Waals surface area contributed by atoms with Gasteiger partial charge in [-0.25, -0.2) is 9.59 Å². The van der Waals surface area contributed by atoms with Gasteiger partial charge in [-0.3, -0.25) is 9.36 Å². The molecule has 0 fully saturated rings. The van der Waals surface area contributed by atoms with Gasteiger partial charge in [0.15, 0.2) is 0 Å². The van der Waals surface area contributed by atoms with E-state index < -0.39 is 0 Å². The number of ether oxygens (including phenoxy) is 1. The second-order valence-corrected chi connectivity index (χ2v) is 5.02. The maximum absolute atomic E-state index is 11.8. The number of aryl methyl sites for hydroxylation is 1. The highest BCUT2D eigenvalue weighted by Crippen LogP contribution is 2.02. The number of esters is 1. The van der Waals surface area contributed by atoms with E-state index in [0.29, 0.717) is 18.7 Å². The molecule has 1 heterocycles. The lowest BCUT2D eigenvalue weighted by molar-refractivity contribution is -0.139. The van der Waals surface area contributed by atoms with Gasteiger partial charge < -0.3 is 9.30 Å². The molecular weight excluding hydrogens is 272 g/mol. The topological polar surface area (TPSA) is 70.3 Å². The van der Waals surface area contributed by atoms with Gasteiger partial charge in [0, 0.05) is 31.4 Å². The summed E-state index contributed by atoms with van der Waals surface area (Å²) in [4.78, 5) is 34.1. The van der Waals surface area contributed by atoms with Crippen molar-refractivity contribution < 1.29 is 9.53 Å². The van der Waals surface area contributed by atoms with Crippen LogP contribution in [0, 0.1) is 0 Å². The van der Waals surface area contributed by atoms with E-state index in [4.69, 9.17) is 4.74 Å². The summed E-state index contributed by atoms with van der Waals surface area (Å²) in [7, 11) is 1.47. The van der Waals surface area contributed by atoms with E-state index in [1.165, 1.54) is 23.9 Å². The van der Waals surface area contributed by atoms with E-state index in [-0.39, 0.29) is 17.2 Å². The molecule has 6 nitrogen and oxygen atoms in total. The Bertz CT molecular complexity index is 613. The minimum Gasteiger partial charge on any atom is -0.462 e. The van der Waals surface area contributed by atoms with Crippen molar-refractivity contribution >= 4 is 5.97 Å². The summed E-state index contributed by atoms with van der Waals surface area (Å²) in [6.07, 6.45) is 5.01. The molecule has 21 heavy (non-hydrogen) atoms. The molecule has 0 N–H and O–H groups in total. The third-order valence-corrected chi connectivity index (χ3v) is 3.14. The van der Waals surface area contributed by atoms with Crippen LogP contribution in [0.3, 0.4) is 0 Å². The average Bonchev–Trinajstić information content (AvgIpc) is 2.45. The third kappa shape index (κ3) is 5.41. The Hall–Kier alpha value is -2.11. The van der Waals surface area contributed by atoms with Gasteiger partial charge in [-0.2, -0.15) is 0 Å². The highest BCUT2D eigenvalue weighted by atomic mass is 16.5. The summed E-state index contributed by atoms with van der Waals surface area (Å²) in [6.45, 7) is 6.10. The van der Waals surface area contributed by atoms with Crippen LogP contribution in [0.15, 0.2) is 34.0 Å². The first-order valence-corrected chi connectivity index (χ1v) is 7.02. The number of unbranched alkanes of at least 4 members (excludes halogenated alkanes) is 3. The molecule has 116 valence electrons. The van der Waals surface area contributed by atoms with Gasteiger partial charge in [-0.15, -0.1) is 0 Å². The van der Waals surface area contributed by atoms with E-state index in [0.717, 1.165) is 30.3 Å². The predicted octanol–water partition coefficient (Wildman–Crippen LogP) is 1.23. The molecule has 0 saturated heterocycles. The zero-order chi connectivity index (χ0) is 15.8. The normalized spacial score (nSPS) is 10.4. The van der Waals surface area contributed by atoms with Crippen LogP contribution in [0.1, 0.15) is 32.6 Å². The van der Waals surface area contributed by atoms with Crippen LogP contribution < -0.4 is 11.2 Å². The SMILES string of the molecule is C=C(C)C(=O)OCCCCCCn1ccc(=O)n(C)c1=O. The number of hydrogen-bond acceptors (Lipinski definition) is 4. The van der Waals surface area contributed by atoms with Crippen LogP contribution in [0.2, 0.25) is 0 Å². The van der Waals surface area contributed by atoms with Gasteiger partial charge in [0.05, 0.1) is 6.61 Å². The van der Waals surface area contributed by atoms with Crippen molar-refractivity contribution in [3.8, 4) is 0 Å². The minimum absolute atomic E-state index is 0.294. The molecule has 0 saturated carbocycles. The number of aromatic nitrogens is 2. The highest BCUT2D eigenvalue weighted by Gasteiger charge is 2.03. The van der Waals surface area contributed by atoms with Crippen LogP contribution in [-0.2, 0) is 23.1 Å². The first kappa shape index (κ1) is 16.9. The first-order chi connectivity index (χ1) is 9.93. The molecule has 1 rings (SSSR count). The summed E-state index contributed by atoms with van der Waals surface area (Å²) in [6, 6.07) is 1.39. The van der Waals surface area contributed by atoms with Gasteiger partial charge >= 0.3 is 11.7 Å². The number of carbonyl (C=O) groups excluding carboxylic acids is 1. The van der Waals surface area contributed by atoms with Gasteiger partial charge in [0.25, 0.3) is 5.56 Å². The van der Waals surface area contributed by atoms with E-state index >= 15 is 0 Å². The van der Waals surface area contributed by atoms with Gasteiger partial charge in [-0.1, -0.05) is 13.0 Å². The van der Waals surface area contributed by atoms with Crippen LogP contribution in [0.4, 0.5) is 0 Å². The molecule has 0 aromatic carbocycles. The second-order valence-electron chi connectivity index (χ2n) is 5.02. The van der Waals surface area contributed by atoms with E-state index in [2.05, 4.69) is 6.58 Å². The van der Waals surface area contributed by atoms with Gasteiger partial charge in [0.1, 0.15) is 0 Å². The Balaban J connectivity index is 2.22. The smallest absolute Gasteiger partial charge is 0.333 e. The predicted molar refractivity (Wildman–Crippen MR) is 80.2 cm³/mol. The molecule has 1 aromatic rings. The molecule has 0 spiro atoms. The third-order valence-electron chi connectivity index (χ3n) is 3.14. The van der Waals surface area contributed by atoms with Crippen LogP contribution >= 0.6 is 0 Å². The summed E-state index contributed by atoms with van der Waals surface area (Å²) < 4.78 is 7.61. The van der Waals surface area contributed by atoms with Gasteiger partial charge in [0.2, 0.25) is 0 Å². The van der Waals surface area contributed by atoms with E-state index in [1.54, 1.807) is 6.92 Å². The van der Waals surface area contributed by atoms with E-state index in [9.17, 15) is 14.4 Å². The van der Waals surface area contributed by atoms with Crippen molar-refractivity contribution in [3.63, 3.8) is 0 Å². The quantitative estimate of drug-likeness (QED) is 0.411. The molecule has 1 aromatic heterocycles. The molecule has 0 amide bonds. The summed E-state index contributed by atoms with van der Waals surface area (Å²) in [5.41, 5.74) is -0.183. The molecule has 0 radical (unpaired) electrons. The summed E-state index contributed by atoms with van der Waals surface area (Å²) in [5, 5.41) is 0. The van der Waals surface area contributed by atoms with Crippen LogP contribution in [0.5, 0.6) is 0 Å². The lowest BCUT2D eigenvalue weighted by Gasteiger charge is -2.07. The molecule has 6 heteroatoms. The average molecular weight is 294 g/mol. The molecule has 0 aliphatic carbocycles. The van der Waals surface area contributed by atoms with Gasteiger partial charge in [-0.05, 0) is 26.2 Å². The maximum Gasteiger partial charge on any atom is 0.333 e. The van der Waals surface area contributed by atoms with Crippen LogP contribution in [0.25, 0.3) is 0 Å². The molecule has 0 bridgehead atoms. The number of hydrogen-bond donors (Lipinski definition) is 0. The monoisotopic (exact) mass is 294 g/mol. The fourth-order valence-electron chi connectivity index (χ4n) is 1.81. The van der Waals surface area contributed by atoms with Crippen LogP contribution in [-0.4, -0.2) is 21.7 Å². The Morgan fingerprint density at radius 2 is 1.90 bits per heavy atom. The standard InChI is InChI=1S/C15H22N2O4/c1-12(2)14(19)21-11-7-5-4-6-9-17-10-8-13(18)16(3)15(17)20/h8,10H,1,4-7,9,11H2,2-3H3. The summed E-state index contributed by atoms with van der Waals surface area (Å²) in [5.74, 6) is -0.355. The van der Waals surface area contributed by atoms with Crippen molar-refractivity contribution in [2.75, 3.05) is 6.61 Å². The fourth-order valence-corrected chi connectivity index (χ4v) is 1.81. The number of nitrogens with zero attached hydrogens (tertiary/aromatic N) is 2. The van der Waals surface area contributed by atoms with Crippen molar-refractivity contribution in [3.05, 3.63) is 45.3 Å². The van der Waals surface area contributed by atoms with E-state index in [1.807, 2.05) is 0 Å². The second kappa shape index (κ2) is 8.24. The Morgan fingerprint density at radius 3 is 2.57 bits per heavy atom. The zero-order valence-electron chi connectivity index (χ0n) is 12.6.